The van der Waals surface area contributed by atoms with E-state index in [1.807, 2.05) is 12.1 Å². The average molecular weight is 420 g/mol. The summed E-state index contributed by atoms with van der Waals surface area (Å²) in [5.41, 5.74) is 2.17. The monoisotopic (exact) mass is 420 g/mol. The number of carbonyl (C=O) groups excluding carboxylic acids is 1. The summed E-state index contributed by atoms with van der Waals surface area (Å²) >= 11 is 0. The molecule has 0 saturated carbocycles. The van der Waals surface area contributed by atoms with E-state index in [4.69, 9.17) is 9.47 Å². The van der Waals surface area contributed by atoms with Crippen molar-refractivity contribution in [3.8, 4) is 11.5 Å². The number of methoxy groups -OCH3 is 2. The van der Waals surface area contributed by atoms with Crippen molar-refractivity contribution in [2.75, 3.05) is 33.1 Å². The number of nitrogens with one attached hydrogen (secondary N) is 1. The number of amides is 1. The van der Waals surface area contributed by atoms with Crippen molar-refractivity contribution in [1.29, 1.82) is 0 Å². The van der Waals surface area contributed by atoms with Crippen LogP contribution in [-0.4, -0.2) is 61.7 Å². The van der Waals surface area contributed by atoms with Gasteiger partial charge in [0.25, 0.3) is 5.91 Å². The summed E-state index contributed by atoms with van der Waals surface area (Å²) in [6.07, 6.45) is 5.19. The highest BCUT2D eigenvalue weighted by Gasteiger charge is 2.27. The summed E-state index contributed by atoms with van der Waals surface area (Å²) in [4.78, 5) is 19.7. The minimum atomic E-state index is -3.44. The van der Waals surface area contributed by atoms with Crippen molar-refractivity contribution in [2.45, 2.75) is 19.4 Å². The molecule has 0 radical (unpaired) electrons. The molecule has 0 unspecified atom stereocenters. The van der Waals surface area contributed by atoms with Crippen LogP contribution in [0.15, 0.2) is 30.7 Å². The number of nitrogens with zero attached hydrogens (tertiary/aromatic N) is 3. The van der Waals surface area contributed by atoms with E-state index in [0.29, 0.717) is 37.4 Å². The lowest BCUT2D eigenvalue weighted by atomic mass is 10.0. The second-order valence-corrected chi connectivity index (χ2v) is 8.66. The smallest absolute Gasteiger partial charge is 0.271 e. The normalized spacial score (nSPS) is 14.1. The van der Waals surface area contributed by atoms with Crippen LogP contribution in [0.25, 0.3) is 0 Å². The van der Waals surface area contributed by atoms with Gasteiger partial charge in [0, 0.05) is 32.0 Å². The van der Waals surface area contributed by atoms with Crippen LogP contribution in [0, 0.1) is 0 Å². The van der Waals surface area contributed by atoms with Gasteiger partial charge in [-0.05, 0) is 36.1 Å². The summed E-state index contributed by atoms with van der Waals surface area (Å²) in [5.74, 6) is 0.804. The van der Waals surface area contributed by atoms with Gasteiger partial charge in [0.15, 0.2) is 11.5 Å². The summed E-state index contributed by atoms with van der Waals surface area (Å²) < 4.78 is 37.6. The molecule has 29 heavy (non-hydrogen) atoms. The highest BCUT2D eigenvalue weighted by Crippen LogP contribution is 2.33. The summed E-state index contributed by atoms with van der Waals surface area (Å²) in [6, 6.07) is 3.73. The number of aromatic nitrogens is 2. The van der Waals surface area contributed by atoms with Gasteiger partial charge in [0.05, 0.1) is 26.2 Å². The molecule has 1 aliphatic heterocycles. The summed E-state index contributed by atoms with van der Waals surface area (Å²) in [7, 11) is -0.313. The second kappa shape index (κ2) is 9.19. The molecule has 0 spiro atoms. The first-order valence-corrected chi connectivity index (χ1v) is 10.8. The van der Waals surface area contributed by atoms with Gasteiger partial charge < -0.3 is 14.8 Å². The Morgan fingerprint density at radius 3 is 2.55 bits per heavy atom. The minimum absolute atomic E-state index is 0.0453. The molecule has 1 aliphatic rings. The fourth-order valence-electron chi connectivity index (χ4n) is 3.19. The Morgan fingerprint density at radius 2 is 1.90 bits per heavy atom. The van der Waals surface area contributed by atoms with Crippen LogP contribution in [0.4, 0.5) is 0 Å². The number of ether oxygens (including phenoxy) is 2. The molecule has 0 saturated heterocycles. The van der Waals surface area contributed by atoms with Crippen molar-refractivity contribution in [2.24, 2.45) is 0 Å². The summed E-state index contributed by atoms with van der Waals surface area (Å²) in [6.45, 7) is 0.949. The molecule has 156 valence electrons. The van der Waals surface area contributed by atoms with Gasteiger partial charge in [-0.15, -0.1) is 0 Å². The number of carbonyl (C=O) groups is 1. The molecule has 1 aromatic carbocycles. The fourth-order valence-corrected chi connectivity index (χ4v) is 4.66. The Bertz CT molecular complexity index is 966. The molecule has 1 N–H and O–H groups in total. The molecule has 0 atom stereocenters. The Labute approximate surface area is 170 Å². The van der Waals surface area contributed by atoms with E-state index in [2.05, 4.69) is 15.3 Å². The van der Waals surface area contributed by atoms with Gasteiger partial charge in [-0.25, -0.2) is 13.4 Å². The Morgan fingerprint density at radius 1 is 1.17 bits per heavy atom. The third-order valence-corrected chi connectivity index (χ3v) is 6.64. The van der Waals surface area contributed by atoms with Gasteiger partial charge in [-0.3, -0.25) is 9.78 Å². The zero-order chi connectivity index (χ0) is 20.9. The molecule has 0 bridgehead atoms. The van der Waals surface area contributed by atoms with Gasteiger partial charge in [0.2, 0.25) is 10.0 Å². The Kier molecular flexibility index (Phi) is 6.65. The van der Waals surface area contributed by atoms with Crippen molar-refractivity contribution in [3.05, 3.63) is 47.5 Å². The lowest BCUT2D eigenvalue weighted by Crippen LogP contribution is -2.38. The molecule has 1 amide bonds. The zero-order valence-corrected chi connectivity index (χ0v) is 17.2. The quantitative estimate of drug-likeness (QED) is 0.634. The first-order valence-electron chi connectivity index (χ1n) is 9.20. The fraction of sp³-hybridized carbons (Fsp3) is 0.421. The van der Waals surface area contributed by atoms with E-state index < -0.39 is 10.0 Å². The Hall–Kier alpha value is -2.72. The van der Waals surface area contributed by atoms with Crippen molar-refractivity contribution in [1.82, 2.24) is 19.6 Å². The maximum atomic E-state index is 12.7. The highest BCUT2D eigenvalue weighted by molar-refractivity contribution is 7.89. The molecular formula is C19H24N4O5S. The number of fused-ring (bicyclic) bond motifs is 1. The Balaban J connectivity index is 1.56. The predicted molar refractivity (Wildman–Crippen MR) is 106 cm³/mol. The molecule has 0 fully saturated rings. The molecule has 3 rings (SSSR count). The van der Waals surface area contributed by atoms with E-state index in [1.165, 1.54) is 22.9 Å². The summed E-state index contributed by atoms with van der Waals surface area (Å²) in [5, 5.41) is 2.66. The van der Waals surface area contributed by atoms with E-state index >= 15 is 0 Å². The van der Waals surface area contributed by atoms with Crippen LogP contribution in [0.3, 0.4) is 0 Å². The number of benzene rings is 1. The molecule has 10 heteroatoms. The lowest BCUT2D eigenvalue weighted by molar-refractivity contribution is 0.0948. The number of sulfonamides is 1. The second-order valence-electron chi connectivity index (χ2n) is 6.58. The highest BCUT2D eigenvalue weighted by atomic mass is 32.2. The SMILES string of the molecule is COc1cc2c(cc1OC)CN(S(=O)(=O)CCCNC(=O)c1cnccn1)CC2. The third kappa shape index (κ3) is 5.01. The van der Waals surface area contributed by atoms with Crippen molar-refractivity contribution in [3.63, 3.8) is 0 Å². The van der Waals surface area contributed by atoms with Crippen LogP contribution < -0.4 is 14.8 Å². The predicted octanol–water partition coefficient (Wildman–Crippen LogP) is 1.00. The van der Waals surface area contributed by atoms with E-state index in [0.717, 1.165) is 11.1 Å². The average Bonchev–Trinajstić information content (AvgIpc) is 2.75. The van der Waals surface area contributed by atoms with Crippen molar-refractivity contribution >= 4 is 15.9 Å². The van der Waals surface area contributed by atoms with Gasteiger partial charge >= 0.3 is 0 Å². The topological polar surface area (TPSA) is 111 Å². The van der Waals surface area contributed by atoms with Gasteiger partial charge in [-0.1, -0.05) is 0 Å². The van der Waals surface area contributed by atoms with Gasteiger partial charge in [-0.2, -0.15) is 4.31 Å². The largest absolute Gasteiger partial charge is 0.493 e. The minimum Gasteiger partial charge on any atom is -0.493 e. The number of hydrogen-bond donors (Lipinski definition) is 1. The lowest BCUT2D eigenvalue weighted by Gasteiger charge is -2.29. The molecule has 9 nitrogen and oxygen atoms in total. The third-order valence-electron chi connectivity index (χ3n) is 4.74. The molecular weight excluding hydrogens is 396 g/mol. The zero-order valence-electron chi connectivity index (χ0n) is 16.4. The van der Waals surface area contributed by atoms with Crippen molar-refractivity contribution < 1.29 is 22.7 Å². The van der Waals surface area contributed by atoms with Gasteiger partial charge in [0.1, 0.15) is 5.69 Å². The maximum absolute atomic E-state index is 12.7. The van der Waals surface area contributed by atoms with E-state index in [-0.39, 0.29) is 23.9 Å². The molecule has 2 aromatic rings. The van der Waals surface area contributed by atoms with Crippen LogP contribution in [-0.2, 0) is 23.0 Å². The number of rotatable bonds is 8. The van der Waals surface area contributed by atoms with Crippen LogP contribution in [0.2, 0.25) is 0 Å². The molecule has 1 aromatic heterocycles. The van der Waals surface area contributed by atoms with E-state index in [1.54, 1.807) is 14.2 Å². The van der Waals surface area contributed by atoms with Crippen LogP contribution in [0.5, 0.6) is 11.5 Å². The molecule has 2 heterocycles. The molecule has 0 aliphatic carbocycles. The maximum Gasteiger partial charge on any atom is 0.271 e. The van der Waals surface area contributed by atoms with E-state index in [9.17, 15) is 13.2 Å². The first kappa shape index (κ1) is 21.0. The van der Waals surface area contributed by atoms with Crippen LogP contribution in [0.1, 0.15) is 28.0 Å². The standard InChI is InChI=1S/C19H24N4O5S/c1-27-17-10-14-4-8-23(13-15(14)11-18(17)28-2)29(25,26)9-3-5-22-19(24)16-12-20-6-7-21-16/h6-7,10-12H,3-5,8-9,13H2,1-2H3,(H,22,24). The first-order chi connectivity index (χ1) is 13.9. The number of hydrogen-bond acceptors (Lipinski definition) is 7. The van der Waals surface area contributed by atoms with Crippen LogP contribution >= 0.6 is 0 Å².